The van der Waals surface area contributed by atoms with Crippen molar-refractivity contribution < 1.29 is 32.3 Å². The molecule has 44 heavy (non-hydrogen) atoms. The summed E-state index contributed by atoms with van der Waals surface area (Å²) < 4.78 is 39.8. The van der Waals surface area contributed by atoms with Crippen LogP contribution in [0.1, 0.15) is 52.6 Å². The van der Waals surface area contributed by atoms with Gasteiger partial charge in [0, 0.05) is 36.1 Å². The number of aliphatic hydroxyl groups excluding tert-OH is 1. The molecule has 0 radical (unpaired) electrons. The number of aromatic nitrogens is 3. The van der Waals surface area contributed by atoms with Gasteiger partial charge in [-0.1, -0.05) is 29.5 Å². The molecule has 0 fully saturated rings. The molecule has 1 unspecified atom stereocenters. The third-order valence-corrected chi connectivity index (χ3v) is 9.96. The molecule has 0 saturated carbocycles. The van der Waals surface area contributed by atoms with Crippen molar-refractivity contribution in [2.45, 2.75) is 52.7 Å². The van der Waals surface area contributed by atoms with Gasteiger partial charge in [-0.05, 0) is 72.9 Å². The molecule has 1 aliphatic heterocycles. The molecule has 13 heteroatoms. The van der Waals surface area contributed by atoms with Crippen LogP contribution in [-0.2, 0) is 39.5 Å². The Hall–Kier alpha value is -3.65. The lowest BCUT2D eigenvalue weighted by molar-refractivity contribution is -0.143. The maximum absolute atomic E-state index is 13.0. The van der Waals surface area contributed by atoms with E-state index in [0.29, 0.717) is 17.9 Å². The highest BCUT2D eigenvalue weighted by Gasteiger charge is 2.32. The van der Waals surface area contributed by atoms with Gasteiger partial charge < -0.3 is 19.1 Å². The van der Waals surface area contributed by atoms with Crippen LogP contribution in [0.15, 0.2) is 48.5 Å². The number of aromatic hydroxyl groups is 1. The highest BCUT2D eigenvalue weighted by molar-refractivity contribution is 7.99. The van der Waals surface area contributed by atoms with E-state index in [1.807, 2.05) is 48.9 Å². The number of esters is 1. The molecular weight excluding hydrogens is 604 g/mol. The van der Waals surface area contributed by atoms with Crippen LogP contribution in [0.4, 0.5) is 0 Å². The number of phenolic OH excluding ortho intramolecular Hbond substituents is 1. The number of aryl methyl sites for hydroxylation is 3. The first-order valence-electron chi connectivity index (χ1n) is 14.4. The Kier molecular flexibility index (Phi) is 9.78. The maximum Gasteiger partial charge on any atom is 0.385 e. The summed E-state index contributed by atoms with van der Waals surface area (Å²) in [7, 11) is -4.07. The van der Waals surface area contributed by atoms with Gasteiger partial charge in [0.25, 0.3) is 0 Å². The normalized spacial score (nSPS) is 15.1. The van der Waals surface area contributed by atoms with E-state index in [0.717, 1.165) is 44.6 Å². The first kappa shape index (κ1) is 31.8. The largest absolute Gasteiger partial charge is 0.508 e. The molecule has 0 amide bonds. The predicted octanol–water partition coefficient (Wildman–Crippen LogP) is 4.20. The summed E-state index contributed by atoms with van der Waals surface area (Å²) in [6, 6.07) is 14.1. The number of fused-ring (bicyclic) bond motifs is 2. The highest BCUT2D eigenvalue weighted by atomic mass is 32.2. The molecule has 3 aromatic carbocycles. The van der Waals surface area contributed by atoms with Crippen molar-refractivity contribution in [1.29, 1.82) is 0 Å². The lowest BCUT2D eigenvalue weighted by atomic mass is 9.84. The second-order valence-corrected chi connectivity index (χ2v) is 13.4. The molecule has 5 rings (SSSR count). The second-order valence-electron chi connectivity index (χ2n) is 10.6. The molecule has 1 aliphatic rings. The Morgan fingerprint density at radius 3 is 2.73 bits per heavy atom. The Labute approximate surface area is 261 Å². The predicted molar refractivity (Wildman–Crippen MR) is 168 cm³/mol. The second kappa shape index (κ2) is 13.6. The molecule has 1 atom stereocenters. The topological polar surface area (TPSA) is 144 Å². The van der Waals surface area contributed by atoms with E-state index < -0.39 is 10.3 Å². The zero-order valence-electron chi connectivity index (χ0n) is 24.9. The molecule has 0 bridgehead atoms. The number of phenols is 1. The van der Waals surface area contributed by atoms with E-state index in [9.17, 15) is 18.3 Å². The number of nitrogens with zero attached hydrogens (tertiary/aromatic N) is 4. The van der Waals surface area contributed by atoms with E-state index in [4.69, 9.17) is 14.0 Å². The number of carbonyl (C=O) groups excluding carboxylic acids is 1. The molecule has 0 spiro atoms. The number of benzene rings is 3. The smallest absolute Gasteiger partial charge is 0.385 e. The third kappa shape index (κ3) is 6.85. The van der Waals surface area contributed by atoms with Gasteiger partial charge >= 0.3 is 16.3 Å². The number of hydrogen-bond acceptors (Lipinski definition) is 10. The molecule has 0 saturated heterocycles. The standard InChI is InChI=1S/C31H36N4O7S2/c1-4-41-30(38)17-27(26-8-9-28-31(21(26)3)32-33-35(28)11-13-43-14-12-36)22-6-5-20(2)23(15-22)18-34-19-24-16-25(37)7-10-29(24)42-44(34,39)40/h5-10,15-16,27,36-37H,4,11-14,17-19H2,1-3H3. The van der Waals surface area contributed by atoms with Gasteiger partial charge in [0.1, 0.15) is 17.0 Å². The monoisotopic (exact) mass is 640 g/mol. The number of thioether (sulfide) groups is 1. The van der Waals surface area contributed by atoms with Crippen molar-refractivity contribution in [2.24, 2.45) is 0 Å². The van der Waals surface area contributed by atoms with Crippen LogP contribution < -0.4 is 4.18 Å². The van der Waals surface area contributed by atoms with Crippen molar-refractivity contribution in [3.8, 4) is 11.5 Å². The molecule has 4 aromatic rings. The van der Waals surface area contributed by atoms with Gasteiger partial charge in [0.15, 0.2) is 0 Å². The minimum Gasteiger partial charge on any atom is -0.508 e. The fourth-order valence-corrected chi connectivity index (χ4v) is 7.17. The molecule has 2 N–H and O–H groups in total. The molecule has 0 aliphatic carbocycles. The van der Waals surface area contributed by atoms with Crippen LogP contribution in [0, 0.1) is 13.8 Å². The summed E-state index contributed by atoms with van der Waals surface area (Å²) >= 11 is 1.64. The van der Waals surface area contributed by atoms with Crippen LogP contribution in [0.2, 0.25) is 0 Å². The molecule has 2 heterocycles. The van der Waals surface area contributed by atoms with Gasteiger partial charge in [-0.3, -0.25) is 4.79 Å². The Bertz CT molecular complexity index is 1770. The Balaban J connectivity index is 1.48. The molecular formula is C31H36N4O7S2. The van der Waals surface area contributed by atoms with E-state index in [1.54, 1.807) is 18.7 Å². The number of ether oxygens (including phenoxy) is 1. The summed E-state index contributed by atoms with van der Waals surface area (Å²) in [5.74, 6) is 0.965. The minimum absolute atomic E-state index is 0.0274. The number of aliphatic hydroxyl groups is 1. The quantitative estimate of drug-likeness (QED) is 0.171. The zero-order valence-corrected chi connectivity index (χ0v) is 26.5. The highest BCUT2D eigenvalue weighted by Crippen LogP contribution is 2.36. The lowest BCUT2D eigenvalue weighted by Crippen LogP contribution is -2.37. The fraction of sp³-hybridized carbons (Fsp3) is 0.387. The summed E-state index contributed by atoms with van der Waals surface area (Å²) in [6.07, 6.45) is 0.0897. The molecule has 234 valence electrons. The SMILES string of the molecule is CCOC(=O)CC(c1ccc(C)c(CN2Cc3cc(O)ccc3OS2(=O)=O)c1)c1ccc2c(nnn2CCSCCO)c1C. The summed E-state index contributed by atoms with van der Waals surface area (Å²) in [5.41, 5.74) is 6.48. The van der Waals surface area contributed by atoms with Gasteiger partial charge in [0.05, 0.1) is 31.7 Å². The summed E-state index contributed by atoms with van der Waals surface area (Å²) in [4.78, 5) is 12.8. The zero-order chi connectivity index (χ0) is 31.4. The summed E-state index contributed by atoms with van der Waals surface area (Å²) in [6.45, 7) is 6.78. The van der Waals surface area contributed by atoms with Crippen LogP contribution in [0.5, 0.6) is 11.5 Å². The van der Waals surface area contributed by atoms with E-state index in [1.165, 1.54) is 22.5 Å². The Morgan fingerprint density at radius 2 is 1.95 bits per heavy atom. The van der Waals surface area contributed by atoms with Gasteiger partial charge in [-0.15, -0.1) is 5.10 Å². The first-order valence-corrected chi connectivity index (χ1v) is 16.9. The average Bonchev–Trinajstić information content (AvgIpc) is 3.40. The van der Waals surface area contributed by atoms with Crippen molar-refractivity contribution in [1.82, 2.24) is 19.3 Å². The Morgan fingerprint density at radius 1 is 1.14 bits per heavy atom. The van der Waals surface area contributed by atoms with E-state index >= 15 is 0 Å². The maximum atomic E-state index is 13.0. The lowest BCUT2D eigenvalue weighted by Gasteiger charge is -2.28. The van der Waals surface area contributed by atoms with E-state index in [-0.39, 0.29) is 56.1 Å². The fourth-order valence-electron chi connectivity index (χ4n) is 5.45. The van der Waals surface area contributed by atoms with Crippen LogP contribution in [0.25, 0.3) is 11.0 Å². The minimum atomic E-state index is -4.07. The molecule has 11 nitrogen and oxygen atoms in total. The van der Waals surface area contributed by atoms with E-state index in [2.05, 4.69) is 10.3 Å². The first-order chi connectivity index (χ1) is 21.1. The van der Waals surface area contributed by atoms with Crippen molar-refractivity contribution in [2.75, 3.05) is 24.7 Å². The average molecular weight is 641 g/mol. The number of hydrogen-bond donors (Lipinski definition) is 2. The van der Waals surface area contributed by atoms with Crippen molar-refractivity contribution >= 4 is 39.1 Å². The number of rotatable bonds is 12. The van der Waals surface area contributed by atoms with Crippen LogP contribution in [-0.4, -0.2) is 68.6 Å². The van der Waals surface area contributed by atoms with Gasteiger partial charge in [-0.2, -0.15) is 24.5 Å². The van der Waals surface area contributed by atoms with Crippen LogP contribution >= 0.6 is 11.8 Å². The van der Waals surface area contributed by atoms with Gasteiger partial charge in [0.2, 0.25) is 0 Å². The molecule has 1 aromatic heterocycles. The third-order valence-electron chi connectivity index (χ3n) is 7.74. The van der Waals surface area contributed by atoms with Crippen molar-refractivity contribution in [3.05, 3.63) is 81.9 Å². The van der Waals surface area contributed by atoms with Crippen LogP contribution in [0.3, 0.4) is 0 Å². The number of carbonyl (C=O) groups is 1. The van der Waals surface area contributed by atoms with Crippen molar-refractivity contribution in [3.63, 3.8) is 0 Å². The van der Waals surface area contributed by atoms with Gasteiger partial charge in [-0.25, -0.2) is 4.68 Å². The summed E-state index contributed by atoms with van der Waals surface area (Å²) in [5, 5.41) is 27.8.